The fourth-order valence-electron chi connectivity index (χ4n) is 2.79. The van der Waals surface area contributed by atoms with Crippen molar-refractivity contribution in [3.8, 4) is 0 Å². The van der Waals surface area contributed by atoms with E-state index in [0.717, 1.165) is 19.6 Å². The van der Waals surface area contributed by atoms with Crippen molar-refractivity contribution in [1.29, 1.82) is 0 Å². The maximum atomic E-state index is 13.0. The van der Waals surface area contributed by atoms with Crippen LogP contribution in [0, 0.1) is 0 Å². The van der Waals surface area contributed by atoms with E-state index in [1.807, 2.05) is 72.8 Å². The molecule has 0 spiro atoms. The largest absolute Gasteiger partial charge is 0.219 e. The normalized spacial score (nSPS) is 11.4. The van der Waals surface area contributed by atoms with Crippen LogP contribution in [0.25, 0.3) is 0 Å². The molecule has 0 saturated carbocycles. The van der Waals surface area contributed by atoms with E-state index in [1.165, 1.54) is 0 Å². The third-order valence-corrected chi connectivity index (χ3v) is 8.69. The molecule has 0 aliphatic rings. The fourth-order valence-corrected chi connectivity index (χ4v) is 5.93. The first-order valence-electron chi connectivity index (χ1n) is 9.22. The third-order valence-electron chi connectivity index (χ3n) is 4.37. The minimum atomic E-state index is -3.58. The monoisotopic (exact) mass is 502 g/mol. The van der Waals surface area contributed by atoms with Gasteiger partial charge >= 0.3 is 0 Å². The summed E-state index contributed by atoms with van der Waals surface area (Å²) in [7, 11) is -3.58. The van der Waals surface area contributed by atoms with Gasteiger partial charge in [0.2, 0.25) is 9.84 Å². The Labute approximate surface area is 200 Å². The molecule has 156 valence electrons. The number of sulfone groups is 1. The topological polar surface area (TPSA) is 34.1 Å². The Morgan fingerprint density at radius 1 is 0.452 bits per heavy atom. The number of benzene rings is 4. The lowest BCUT2D eigenvalue weighted by atomic mass is 10.4. The zero-order chi connectivity index (χ0) is 21.8. The Bertz CT molecular complexity index is 1170. The maximum absolute atomic E-state index is 13.0. The Kier molecular flexibility index (Phi) is 6.99. The lowest BCUT2D eigenvalue weighted by molar-refractivity contribution is 0.596. The van der Waals surface area contributed by atoms with Crippen LogP contribution in [0.1, 0.15) is 0 Å². The van der Waals surface area contributed by atoms with Gasteiger partial charge in [-0.05, 0) is 97.1 Å². The van der Waals surface area contributed by atoms with Crippen molar-refractivity contribution in [2.24, 2.45) is 0 Å². The van der Waals surface area contributed by atoms with Crippen LogP contribution in [0.2, 0.25) is 10.0 Å². The lowest BCUT2D eigenvalue weighted by Gasteiger charge is -2.08. The number of rotatable bonds is 6. The molecule has 0 heterocycles. The van der Waals surface area contributed by atoms with Crippen LogP contribution >= 0.6 is 46.7 Å². The fraction of sp³-hybridized carbons (Fsp3) is 0. The van der Waals surface area contributed by atoms with Crippen molar-refractivity contribution in [2.45, 2.75) is 29.4 Å². The van der Waals surface area contributed by atoms with Gasteiger partial charge in [0.25, 0.3) is 0 Å². The van der Waals surface area contributed by atoms with Gasteiger partial charge in [-0.2, -0.15) is 0 Å². The van der Waals surface area contributed by atoms with Crippen molar-refractivity contribution >= 4 is 56.6 Å². The average Bonchev–Trinajstić information content (AvgIpc) is 2.78. The third kappa shape index (κ3) is 5.68. The van der Waals surface area contributed by atoms with E-state index in [4.69, 9.17) is 23.2 Å². The Hall–Kier alpha value is -1.89. The predicted molar refractivity (Wildman–Crippen MR) is 129 cm³/mol. The lowest BCUT2D eigenvalue weighted by Crippen LogP contribution is -2.01. The second kappa shape index (κ2) is 9.72. The van der Waals surface area contributed by atoms with E-state index in [0.29, 0.717) is 10.0 Å². The maximum Gasteiger partial charge on any atom is 0.206 e. The van der Waals surface area contributed by atoms with Gasteiger partial charge in [0.1, 0.15) is 0 Å². The van der Waals surface area contributed by atoms with Crippen molar-refractivity contribution in [3.05, 3.63) is 107 Å². The molecule has 4 aromatic carbocycles. The van der Waals surface area contributed by atoms with Crippen LogP contribution in [-0.2, 0) is 9.84 Å². The molecule has 0 aromatic heterocycles. The van der Waals surface area contributed by atoms with E-state index in [1.54, 1.807) is 47.8 Å². The zero-order valence-electron chi connectivity index (χ0n) is 16.0. The zero-order valence-corrected chi connectivity index (χ0v) is 20.0. The van der Waals surface area contributed by atoms with E-state index in [9.17, 15) is 8.42 Å². The van der Waals surface area contributed by atoms with Gasteiger partial charge in [0.05, 0.1) is 9.79 Å². The molecule has 0 atom stereocenters. The Morgan fingerprint density at radius 2 is 0.710 bits per heavy atom. The van der Waals surface area contributed by atoms with E-state index >= 15 is 0 Å². The molecule has 31 heavy (non-hydrogen) atoms. The molecule has 4 rings (SSSR count). The van der Waals surface area contributed by atoms with Gasteiger partial charge in [-0.25, -0.2) is 8.42 Å². The van der Waals surface area contributed by atoms with Gasteiger partial charge < -0.3 is 0 Å². The summed E-state index contributed by atoms with van der Waals surface area (Å²) in [5.41, 5.74) is 0. The molecule has 0 aliphatic carbocycles. The number of hydrogen-bond donors (Lipinski definition) is 0. The molecule has 0 unspecified atom stereocenters. The second-order valence-corrected chi connectivity index (χ2v) is 11.7. The number of halogens is 2. The summed E-state index contributed by atoms with van der Waals surface area (Å²) >= 11 is 14.9. The van der Waals surface area contributed by atoms with Crippen molar-refractivity contribution in [2.75, 3.05) is 0 Å². The SMILES string of the molecule is O=S(=O)(c1ccc(Sc2ccc(Cl)cc2)cc1)c1ccc(Sc2ccc(Cl)cc2)cc1. The molecule has 0 N–H and O–H groups in total. The first-order valence-corrected chi connectivity index (χ1v) is 13.1. The van der Waals surface area contributed by atoms with E-state index in [2.05, 4.69) is 0 Å². The van der Waals surface area contributed by atoms with Gasteiger partial charge in [0, 0.05) is 29.6 Å². The van der Waals surface area contributed by atoms with Crippen molar-refractivity contribution in [1.82, 2.24) is 0 Å². The van der Waals surface area contributed by atoms with Gasteiger partial charge in [-0.1, -0.05) is 46.7 Å². The summed E-state index contributed by atoms with van der Waals surface area (Å²) in [4.78, 5) is 4.52. The van der Waals surface area contributed by atoms with Crippen LogP contribution in [0.5, 0.6) is 0 Å². The standard InChI is InChI=1S/C24H16Cl2O2S3/c25-17-1-5-19(6-2-17)29-21-9-13-23(14-10-21)31(27,28)24-15-11-22(12-16-24)30-20-7-3-18(26)4-8-20/h1-16H. The summed E-state index contributed by atoms with van der Waals surface area (Å²) in [6, 6.07) is 28.9. The van der Waals surface area contributed by atoms with Gasteiger partial charge in [-0.3, -0.25) is 0 Å². The molecular weight excluding hydrogens is 487 g/mol. The second-order valence-electron chi connectivity index (χ2n) is 6.56. The molecule has 0 radical (unpaired) electrons. The summed E-state index contributed by atoms with van der Waals surface area (Å²) in [6.07, 6.45) is 0. The average molecular weight is 503 g/mol. The minimum Gasteiger partial charge on any atom is -0.219 e. The summed E-state index contributed by atoms with van der Waals surface area (Å²) in [5, 5.41) is 1.37. The van der Waals surface area contributed by atoms with Gasteiger partial charge in [-0.15, -0.1) is 0 Å². The molecule has 0 amide bonds. The van der Waals surface area contributed by atoms with Crippen LogP contribution in [0.15, 0.2) is 126 Å². The first kappa shape index (κ1) is 22.3. The first-order chi connectivity index (χ1) is 14.9. The molecule has 2 nitrogen and oxygen atoms in total. The Morgan fingerprint density at radius 3 is 1.00 bits per heavy atom. The molecule has 0 bridgehead atoms. The molecule has 0 aliphatic heterocycles. The molecule has 4 aromatic rings. The quantitative estimate of drug-likeness (QED) is 0.266. The highest BCUT2D eigenvalue weighted by molar-refractivity contribution is 7.99. The van der Waals surface area contributed by atoms with Crippen LogP contribution in [-0.4, -0.2) is 8.42 Å². The molecule has 0 saturated heterocycles. The highest BCUT2D eigenvalue weighted by atomic mass is 35.5. The molecule has 7 heteroatoms. The van der Waals surface area contributed by atoms with Crippen LogP contribution < -0.4 is 0 Å². The van der Waals surface area contributed by atoms with Crippen molar-refractivity contribution in [3.63, 3.8) is 0 Å². The van der Waals surface area contributed by atoms with Crippen LogP contribution in [0.4, 0.5) is 0 Å². The predicted octanol–water partition coefficient (Wildman–Crippen LogP) is 8.13. The highest BCUT2D eigenvalue weighted by Gasteiger charge is 2.17. The minimum absolute atomic E-state index is 0.270. The van der Waals surface area contributed by atoms with E-state index < -0.39 is 9.84 Å². The smallest absolute Gasteiger partial charge is 0.206 e. The summed E-state index contributed by atoms with van der Waals surface area (Å²) in [5.74, 6) is 0. The van der Waals surface area contributed by atoms with E-state index in [-0.39, 0.29) is 9.79 Å². The number of hydrogen-bond acceptors (Lipinski definition) is 4. The van der Waals surface area contributed by atoms with Crippen LogP contribution in [0.3, 0.4) is 0 Å². The molecule has 0 fully saturated rings. The summed E-state index contributed by atoms with van der Waals surface area (Å²) < 4.78 is 26.0. The molecular formula is C24H16Cl2O2S3. The Balaban J connectivity index is 1.48. The van der Waals surface area contributed by atoms with Gasteiger partial charge in [0.15, 0.2) is 0 Å². The van der Waals surface area contributed by atoms with Crippen molar-refractivity contribution < 1.29 is 8.42 Å². The highest BCUT2D eigenvalue weighted by Crippen LogP contribution is 2.32. The summed E-state index contributed by atoms with van der Waals surface area (Å²) in [6.45, 7) is 0.